The van der Waals surface area contributed by atoms with Gasteiger partial charge in [0.1, 0.15) is 5.37 Å². The summed E-state index contributed by atoms with van der Waals surface area (Å²) in [6.07, 6.45) is 4.22. The highest BCUT2D eigenvalue weighted by Crippen LogP contribution is 2.39. The molecule has 1 aromatic heterocycles. The first kappa shape index (κ1) is 16.0. The predicted octanol–water partition coefficient (Wildman–Crippen LogP) is 4.56. The third kappa shape index (κ3) is 3.35. The van der Waals surface area contributed by atoms with Gasteiger partial charge in [0.2, 0.25) is 5.91 Å². The number of nitrogens with zero attached hydrogens (tertiary/aromatic N) is 2. The minimum absolute atomic E-state index is 0.0822. The fraction of sp³-hybridized carbons (Fsp3) is 0.190. The van der Waals surface area contributed by atoms with Crippen LogP contribution in [0.2, 0.25) is 0 Å². The van der Waals surface area contributed by atoms with Crippen molar-refractivity contribution in [2.75, 3.05) is 5.75 Å². The Morgan fingerprint density at radius 1 is 1.08 bits per heavy atom. The van der Waals surface area contributed by atoms with Crippen molar-refractivity contribution in [2.24, 2.45) is 0 Å². The molecule has 0 spiro atoms. The van der Waals surface area contributed by atoms with E-state index in [0.717, 1.165) is 5.69 Å². The summed E-state index contributed by atoms with van der Waals surface area (Å²) in [5, 5.41) is 0.0822. The van der Waals surface area contributed by atoms with Crippen LogP contribution in [0.1, 0.15) is 22.1 Å². The van der Waals surface area contributed by atoms with Crippen molar-refractivity contribution >= 4 is 17.7 Å². The second-order valence-corrected chi connectivity index (χ2v) is 7.43. The molecule has 0 bridgehead atoms. The maximum atomic E-state index is 12.4. The van der Waals surface area contributed by atoms with Gasteiger partial charge in [-0.3, -0.25) is 4.79 Å². The predicted molar refractivity (Wildman–Crippen MR) is 103 cm³/mol. The average molecular weight is 348 g/mol. The summed E-state index contributed by atoms with van der Waals surface area (Å²) in [4.78, 5) is 14.4. The van der Waals surface area contributed by atoms with Crippen LogP contribution >= 0.6 is 11.8 Å². The van der Waals surface area contributed by atoms with Crippen LogP contribution in [0.4, 0.5) is 0 Å². The molecule has 25 heavy (non-hydrogen) atoms. The maximum absolute atomic E-state index is 12.4. The van der Waals surface area contributed by atoms with Gasteiger partial charge in [0.15, 0.2) is 0 Å². The summed E-state index contributed by atoms with van der Waals surface area (Å²) < 4.78 is 2.13. The van der Waals surface area contributed by atoms with E-state index in [2.05, 4.69) is 66.3 Å². The standard InChI is InChI=1S/C21H20N2OS/c1-16-6-5-9-19(12-16)22-11-10-18(14-22)21-23(20(24)15-25-21)13-17-7-3-2-4-8-17/h2-12,14,21H,13,15H2,1H3/t21-/m1/s1. The van der Waals surface area contributed by atoms with Gasteiger partial charge in [0, 0.05) is 30.2 Å². The molecule has 1 aliphatic heterocycles. The van der Waals surface area contributed by atoms with Crippen molar-refractivity contribution in [1.82, 2.24) is 9.47 Å². The van der Waals surface area contributed by atoms with Crippen LogP contribution in [0.5, 0.6) is 0 Å². The number of hydrogen-bond acceptors (Lipinski definition) is 2. The van der Waals surface area contributed by atoms with E-state index in [1.165, 1.54) is 16.7 Å². The number of aryl methyl sites for hydroxylation is 1. The van der Waals surface area contributed by atoms with Crippen LogP contribution in [0.25, 0.3) is 5.69 Å². The number of aromatic nitrogens is 1. The van der Waals surface area contributed by atoms with E-state index in [0.29, 0.717) is 12.3 Å². The van der Waals surface area contributed by atoms with Gasteiger partial charge in [-0.25, -0.2) is 0 Å². The molecule has 2 aromatic carbocycles. The topological polar surface area (TPSA) is 25.2 Å². The molecule has 0 radical (unpaired) electrons. The SMILES string of the molecule is Cc1cccc(-n2ccc([C@H]3SCC(=O)N3Cc3ccccc3)c2)c1. The zero-order chi connectivity index (χ0) is 17.2. The zero-order valence-corrected chi connectivity index (χ0v) is 14.9. The minimum atomic E-state index is 0.0822. The fourth-order valence-corrected chi connectivity index (χ4v) is 4.36. The molecule has 0 N–H and O–H groups in total. The van der Waals surface area contributed by atoms with Crippen molar-refractivity contribution in [2.45, 2.75) is 18.8 Å². The molecule has 1 amide bonds. The molecule has 1 aliphatic rings. The van der Waals surface area contributed by atoms with Gasteiger partial charge < -0.3 is 9.47 Å². The summed E-state index contributed by atoms with van der Waals surface area (Å²) in [5.74, 6) is 0.759. The van der Waals surface area contributed by atoms with Crippen molar-refractivity contribution in [1.29, 1.82) is 0 Å². The van der Waals surface area contributed by atoms with E-state index in [4.69, 9.17) is 0 Å². The summed E-state index contributed by atoms with van der Waals surface area (Å²) in [6, 6.07) is 20.7. The van der Waals surface area contributed by atoms with E-state index in [9.17, 15) is 4.79 Å². The Bertz CT molecular complexity index is 888. The van der Waals surface area contributed by atoms with Crippen LogP contribution in [-0.2, 0) is 11.3 Å². The van der Waals surface area contributed by atoms with Gasteiger partial charge >= 0.3 is 0 Å². The quantitative estimate of drug-likeness (QED) is 0.690. The van der Waals surface area contributed by atoms with Gasteiger partial charge in [0.25, 0.3) is 0 Å². The molecular formula is C21H20N2OS. The zero-order valence-electron chi connectivity index (χ0n) is 14.1. The minimum Gasteiger partial charge on any atom is -0.323 e. The van der Waals surface area contributed by atoms with E-state index >= 15 is 0 Å². The lowest BCUT2D eigenvalue weighted by molar-refractivity contribution is -0.128. The molecule has 2 heterocycles. The molecule has 4 heteroatoms. The second kappa shape index (κ2) is 6.81. The Labute approximate surface area is 152 Å². The summed E-state index contributed by atoms with van der Waals surface area (Å²) in [5.41, 5.74) is 4.73. The van der Waals surface area contributed by atoms with Gasteiger partial charge in [0.05, 0.1) is 5.75 Å². The Morgan fingerprint density at radius 3 is 2.72 bits per heavy atom. The third-order valence-corrected chi connectivity index (χ3v) is 5.72. The van der Waals surface area contributed by atoms with E-state index < -0.39 is 0 Å². The molecule has 1 fully saturated rings. The summed E-state index contributed by atoms with van der Waals surface area (Å²) in [7, 11) is 0. The molecule has 3 nitrogen and oxygen atoms in total. The Balaban J connectivity index is 1.59. The van der Waals surface area contributed by atoms with Crippen LogP contribution in [0, 0.1) is 6.92 Å². The number of amides is 1. The highest BCUT2D eigenvalue weighted by molar-refractivity contribution is 8.00. The Morgan fingerprint density at radius 2 is 1.92 bits per heavy atom. The first-order valence-corrected chi connectivity index (χ1v) is 9.45. The van der Waals surface area contributed by atoms with Crippen LogP contribution < -0.4 is 0 Å². The molecule has 0 aliphatic carbocycles. The van der Waals surface area contributed by atoms with Gasteiger partial charge in [-0.2, -0.15) is 0 Å². The Hall–Kier alpha value is -2.46. The maximum Gasteiger partial charge on any atom is 0.234 e. The highest BCUT2D eigenvalue weighted by Gasteiger charge is 2.33. The van der Waals surface area contributed by atoms with Crippen LogP contribution in [0.15, 0.2) is 73.1 Å². The van der Waals surface area contributed by atoms with Crippen molar-refractivity contribution in [3.05, 3.63) is 89.7 Å². The smallest absolute Gasteiger partial charge is 0.234 e. The lowest BCUT2D eigenvalue weighted by Crippen LogP contribution is -2.27. The lowest BCUT2D eigenvalue weighted by atomic mass is 10.2. The largest absolute Gasteiger partial charge is 0.323 e. The van der Waals surface area contributed by atoms with Crippen LogP contribution in [0.3, 0.4) is 0 Å². The molecule has 0 saturated carbocycles. The van der Waals surface area contributed by atoms with Gasteiger partial charge in [-0.1, -0.05) is 42.5 Å². The number of hydrogen-bond donors (Lipinski definition) is 0. The molecule has 1 atom stereocenters. The monoisotopic (exact) mass is 348 g/mol. The third-order valence-electron chi connectivity index (χ3n) is 4.46. The molecular weight excluding hydrogens is 328 g/mol. The van der Waals surface area contributed by atoms with Crippen molar-refractivity contribution in [3.8, 4) is 5.69 Å². The highest BCUT2D eigenvalue weighted by atomic mass is 32.2. The van der Waals surface area contributed by atoms with Gasteiger partial charge in [-0.05, 0) is 36.2 Å². The first-order chi connectivity index (χ1) is 12.2. The van der Waals surface area contributed by atoms with Crippen molar-refractivity contribution in [3.63, 3.8) is 0 Å². The number of thioether (sulfide) groups is 1. The fourth-order valence-electron chi connectivity index (χ4n) is 3.19. The normalized spacial score (nSPS) is 17.2. The number of carbonyl (C=O) groups excluding carboxylic acids is 1. The number of carbonyl (C=O) groups is 1. The summed E-state index contributed by atoms with van der Waals surface area (Å²) in [6.45, 7) is 2.76. The molecule has 3 aromatic rings. The average Bonchev–Trinajstić information content (AvgIpc) is 3.24. The number of benzene rings is 2. The first-order valence-electron chi connectivity index (χ1n) is 8.41. The van der Waals surface area contributed by atoms with Gasteiger partial charge in [-0.15, -0.1) is 11.8 Å². The lowest BCUT2D eigenvalue weighted by Gasteiger charge is -2.23. The second-order valence-electron chi connectivity index (χ2n) is 6.36. The van der Waals surface area contributed by atoms with E-state index in [1.54, 1.807) is 11.8 Å². The molecule has 126 valence electrons. The molecule has 4 rings (SSSR count). The number of rotatable bonds is 4. The van der Waals surface area contributed by atoms with Crippen molar-refractivity contribution < 1.29 is 4.79 Å². The van der Waals surface area contributed by atoms with Crippen LogP contribution in [-0.4, -0.2) is 21.1 Å². The van der Waals surface area contributed by atoms with E-state index in [-0.39, 0.29) is 11.3 Å². The summed E-state index contributed by atoms with van der Waals surface area (Å²) >= 11 is 1.71. The Kier molecular flexibility index (Phi) is 4.36. The molecule has 1 saturated heterocycles. The van der Waals surface area contributed by atoms with E-state index in [1.807, 2.05) is 23.1 Å². The molecule has 0 unspecified atom stereocenters.